The molecule has 0 saturated carbocycles. The number of ketones is 1. The van der Waals surface area contributed by atoms with E-state index in [0.29, 0.717) is 16.7 Å². The SMILES string of the molecule is CC(C)(Oc1ccc(C(=O)c2cc3ccccc3oc2=O)cc1)C(=O)O. The lowest BCUT2D eigenvalue weighted by Gasteiger charge is -2.21. The maximum atomic E-state index is 12.6. The number of para-hydroxylation sites is 1. The Morgan fingerprint density at radius 3 is 2.35 bits per heavy atom. The molecule has 3 rings (SSSR count). The van der Waals surface area contributed by atoms with E-state index in [1.165, 1.54) is 44.2 Å². The molecular weight excluding hydrogens is 336 g/mol. The number of rotatable bonds is 5. The molecule has 6 heteroatoms. The van der Waals surface area contributed by atoms with Gasteiger partial charge in [-0.2, -0.15) is 0 Å². The lowest BCUT2D eigenvalue weighted by atomic mass is 10.0. The van der Waals surface area contributed by atoms with Crippen molar-refractivity contribution in [1.82, 2.24) is 0 Å². The molecular formula is C20H16O6. The Hall–Kier alpha value is -3.41. The number of fused-ring (bicyclic) bond motifs is 1. The first-order valence-electron chi connectivity index (χ1n) is 7.88. The summed E-state index contributed by atoms with van der Waals surface area (Å²) in [6, 6.07) is 14.4. The maximum absolute atomic E-state index is 12.6. The molecule has 0 aliphatic carbocycles. The van der Waals surface area contributed by atoms with E-state index in [-0.39, 0.29) is 11.1 Å². The number of hydrogen-bond acceptors (Lipinski definition) is 5. The van der Waals surface area contributed by atoms with Gasteiger partial charge in [-0.3, -0.25) is 4.79 Å². The van der Waals surface area contributed by atoms with Crippen LogP contribution in [-0.2, 0) is 4.79 Å². The van der Waals surface area contributed by atoms with E-state index in [4.69, 9.17) is 14.3 Å². The van der Waals surface area contributed by atoms with E-state index in [9.17, 15) is 14.4 Å². The molecule has 0 aliphatic heterocycles. The summed E-state index contributed by atoms with van der Waals surface area (Å²) in [7, 11) is 0. The van der Waals surface area contributed by atoms with Crippen LogP contribution < -0.4 is 10.4 Å². The second kappa shape index (κ2) is 6.48. The number of carbonyl (C=O) groups excluding carboxylic acids is 1. The first-order valence-corrected chi connectivity index (χ1v) is 7.88. The molecule has 0 unspecified atom stereocenters. The molecule has 0 aliphatic rings. The second-order valence-electron chi connectivity index (χ2n) is 6.26. The Kier molecular flexibility index (Phi) is 4.34. The van der Waals surface area contributed by atoms with Gasteiger partial charge in [-0.1, -0.05) is 18.2 Å². The van der Waals surface area contributed by atoms with Gasteiger partial charge in [0.15, 0.2) is 11.4 Å². The molecule has 2 aromatic carbocycles. The number of carbonyl (C=O) groups is 2. The van der Waals surface area contributed by atoms with Crippen molar-refractivity contribution in [3.63, 3.8) is 0 Å². The first kappa shape index (κ1) is 17.4. The van der Waals surface area contributed by atoms with Gasteiger partial charge in [-0.25, -0.2) is 9.59 Å². The minimum absolute atomic E-state index is 0.0664. The van der Waals surface area contributed by atoms with E-state index in [1.807, 2.05) is 0 Å². The van der Waals surface area contributed by atoms with Crippen LogP contribution in [0.2, 0.25) is 0 Å². The van der Waals surface area contributed by atoms with Gasteiger partial charge < -0.3 is 14.3 Å². The third kappa shape index (κ3) is 3.35. The average molecular weight is 352 g/mol. The fourth-order valence-electron chi connectivity index (χ4n) is 2.39. The lowest BCUT2D eigenvalue weighted by Crippen LogP contribution is -2.37. The highest BCUT2D eigenvalue weighted by atomic mass is 16.5. The minimum atomic E-state index is -1.40. The molecule has 1 N–H and O–H groups in total. The van der Waals surface area contributed by atoms with Crippen molar-refractivity contribution in [1.29, 1.82) is 0 Å². The summed E-state index contributed by atoms with van der Waals surface area (Å²) in [5.41, 5.74) is -1.49. The second-order valence-corrected chi connectivity index (χ2v) is 6.26. The quantitative estimate of drug-likeness (QED) is 0.559. The van der Waals surface area contributed by atoms with Crippen LogP contribution in [0.15, 0.2) is 63.8 Å². The van der Waals surface area contributed by atoms with Crippen molar-refractivity contribution in [2.75, 3.05) is 0 Å². The molecule has 3 aromatic rings. The molecule has 0 bridgehead atoms. The largest absolute Gasteiger partial charge is 0.478 e. The summed E-state index contributed by atoms with van der Waals surface area (Å²) in [6.07, 6.45) is 0. The van der Waals surface area contributed by atoms with Gasteiger partial charge in [0.25, 0.3) is 0 Å². The Morgan fingerprint density at radius 1 is 1.04 bits per heavy atom. The molecule has 1 aromatic heterocycles. The Morgan fingerprint density at radius 2 is 1.69 bits per heavy atom. The molecule has 0 amide bonds. The summed E-state index contributed by atoms with van der Waals surface area (Å²) in [4.78, 5) is 35.8. The number of hydrogen-bond donors (Lipinski definition) is 1. The Balaban J connectivity index is 1.90. The third-order valence-corrected chi connectivity index (χ3v) is 3.89. The molecule has 1 heterocycles. The van der Waals surface area contributed by atoms with E-state index < -0.39 is 23.0 Å². The van der Waals surface area contributed by atoms with Crippen molar-refractivity contribution in [2.24, 2.45) is 0 Å². The van der Waals surface area contributed by atoms with Crippen LogP contribution in [0.4, 0.5) is 0 Å². The molecule has 6 nitrogen and oxygen atoms in total. The zero-order chi connectivity index (χ0) is 18.9. The summed E-state index contributed by atoms with van der Waals surface area (Å²) >= 11 is 0. The number of aliphatic carboxylic acids is 1. The van der Waals surface area contributed by atoms with Gasteiger partial charge in [0.2, 0.25) is 0 Å². The Labute approximate surface area is 148 Å². The molecule has 26 heavy (non-hydrogen) atoms. The summed E-state index contributed by atoms with van der Waals surface area (Å²) < 4.78 is 10.6. The fraction of sp³-hybridized carbons (Fsp3) is 0.150. The van der Waals surface area contributed by atoms with Crippen LogP contribution in [-0.4, -0.2) is 22.5 Å². The highest BCUT2D eigenvalue weighted by Crippen LogP contribution is 2.21. The highest BCUT2D eigenvalue weighted by Gasteiger charge is 2.29. The van der Waals surface area contributed by atoms with Crippen LogP contribution >= 0.6 is 0 Å². The van der Waals surface area contributed by atoms with Crippen molar-refractivity contribution in [2.45, 2.75) is 19.4 Å². The van der Waals surface area contributed by atoms with Crippen LogP contribution in [0.1, 0.15) is 29.8 Å². The molecule has 0 radical (unpaired) electrons. The monoisotopic (exact) mass is 352 g/mol. The standard InChI is InChI=1S/C20H16O6/c1-20(2,19(23)24)26-14-9-7-12(8-10-14)17(21)15-11-13-5-3-4-6-16(13)25-18(15)22/h3-11H,1-2H3,(H,23,24). The lowest BCUT2D eigenvalue weighted by molar-refractivity contribution is -0.152. The molecule has 0 atom stereocenters. The predicted octanol–water partition coefficient (Wildman–Crippen LogP) is 3.27. The number of ether oxygens (including phenoxy) is 1. The zero-order valence-electron chi connectivity index (χ0n) is 14.2. The third-order valence-electron chi connectivity index (χ3n) is 3.89. The van der Waals surface area contributed by atoms with Crippen LogP contribution in [0, 0.1) is 0 Å². The first-order chi connectivity index (χ1) is 12.3. The number of carboxylic acid groups (broad SMARTS) is 1. The van der Waals surface area contributed by atoms with Crippen molar-refractivity contribution in [3.8, 4) is 5.75 Å². The van der Waals surface area contributed by atoms with Crippen molar-refractivity contribution >= 4 is 22.7 Å². The van der Waals surface area contributed by atoms with Crippen LogP contribution in [0.25, 0.3) is 11.0 Å². The van der Waals surface area contributed by atoms with Gasteiger partial charge in [0, 0.05) is 10.9 Å². The van der Waals surface area contributed by atoms with Crippen molar-refractivity contribution in [3.05, 3.63) is 76.1 Å². The zero-order valence-corrected chi connectivity index (χ0v) is 14.2. The fourth-order valence-corrected chi connectivity index (χ4v) is 2.39. The number of carboxylic acids is 1. The van der Waals surface area contributed by atoms with E-state index in [1.54, 1.807) is 24.3 Å². The highest BCUT2D eigenvalue weighted by molar-refractivity contribution is 6.09. The maximum Gasteiger partial charge on any atom is 0.347 e. The normalized spacial score (nSPS) is 11.3. The van der Waals surface area contributed by atoms with Gasteiger partial charge in [0.05, 0.1) is 0 Å². The van der Waals surface area contributed by atoms with E-state index in [0.717, 1.165) is 0 Å². The summed E-state index contributed by atoms with van der Waals surface area (Å²) in [5.74, 6) is -1.28. The topological polar surface area (TPSA) is 93.8 Å². The molecule has 0 spiro atoms. The van der Waals surface area contributed by atoms with E-state index >= 15 is 0 Å². The van der Waals surface area contributed by atoms with Gasteiger partial charge in [-0.05, 0) is 50.2 Å². The smallest absolute Gasteiger partial charge is 0.347 e. The van der Waals surface area contributed by atoms with Crippen LogP contribution in [0.3, 0.4) is 0 Å². The average Bonchev–Trinajstić information content (AvgIpc) is 2.60. The van der Waals surface area contributed by atoms with Gasteiger partial charge in [-0.15, -0.1) is 0 Å². The molecule has 0 saturated heterocycles. The molecule has 0 fully saturated rings. The van der Waals surface area contributed by atoms with Gasteiger partial charge >= 0.3 is 11.6 Å². The van der Waals surface area contributed by atoms with E-state index in [2.05, 4.69) is 0 Å². The van der Waals surface area contributed by atoms with Crippen LogP contribution in [0.5, 0.6) is 5.75 Å². The summed E-state index contributed by atoms with van der Waals surface area (Å²) in [5, 5.41) is 9.74. The number of benzene rings is 2. The summed E-state index contributed by atoms with van der Waals surface area (Å²) in [6.45, 7) is 2.85. The minimum Gasteiger partial charge on any atom is -0.478 e. The molecule has 132 valence electrons. The predicted molar refractivity (Wildman–Crippen MR) is 94.7 cm³/mol. The van der Waals surface area contributed by atoms with Gasteiger partial charge in [0.1, 0.15) is 16.9 Å². The Bertz CT molecular complexity index is 1040. The van der Waals surface area contributed by atoms with Crippen molar-refractivity contribution < 1.29 is 23.8 Å².